The van der Waals surface area contributed by atoms with E-state index in [9.17, 15) is 14.9 Å². The molecule has 0 radical (unpaired) electrons. The number of aryl methyl sites for hydroxylation is 1. The lowest BCUT2D eigenvalue weighted by atomic mass is 10.1. The van der Waals surface area contributed by atoms with Gasteiger partial charge in [0.2, 0.25) is 11.0 Å². The summed E-state index contributed by atoms with van der Waals surface area (Å²) in [7, 11) is 0. The van der Waals surface area contributed by atoms with Gasteiger partial charge in [0.25, 0.3) is 5.69 Å². The average Bonchev–Trinajstić information content (AvgIpc) is 3.01. The smallest absolute Gasteiger partial charge is 0.269 e. The van der Waals surface area contributed by atoms with Crippen molar-refractivity contribution in [3.05, 3.63) is 56.6 Å². The number of hydrazine groups is 1. The van der Waals surface area contributed by atoms with Crippen LogP contribution in [-0.2, 0) is 4.79 Å². The summed E-state index contributed by atoms with van der Waals surface area (Å²) < 4.78 is 0. The van der Waals surface area contributed by atoms with Gasteiger partial charge in [-0.3, -0.25) is 31.2 Å². The van der Waals surface area contributed by atoms with E-state index in [1.165, 1.54) is 30.4 Å². The predicted molar refractivity (Wildman–Crippen MR) is 113 cm³/mol. The number of hydrazone groups is 1. The van der Waals surface area contributed by atoms with Gasteiger partial charge in [-0.15, -0.1) is 0 Å². The van der Waals surface area contributed by atoms with Crippen molar-refractivity contribution in [1.29, 1.82) is 0 Å². The number of thiazole rings is 1. The monoisotopic (exact) mass is 419 g/mol. The normalized spacial score (nSPS) is 11.3. The van der Waals surface area contributed by atoms with Crippen molar-refractivity contribution < 1.29 is 9.72 Å². The minimum absolute atomic E-state index is 0.000000845. The van der Waals surface area contributed by atoms with Crippen LogP contribution < -0.4 is 22.0 Å². The lowest BCUT2D eigenvalue weighted by Crippen LogP contribution is -2.26. The van der Waals surface area contributed by atoms with Crippen molar-refractivity contribution in [2.45, 2.75) is 13.8 Å². The lowest BCUT2D eigenvalue weighted by Gasteiger charge is -2.02. The van der Waals surface area contributed by atoms with Gasteiger partial charge < -0.3 is 5.73 Å². The van der Waals surface area contributed by atoms with E-state index in [1.54, 1.807) is 31.2 Å². The number of carbonyl (C=O) groups excluding carboxylic acids is 1. The van der Waals surface area contributed by atoms with Crippen LogP contribution in [0.15, 0.2) is 35.4 Å². The Kier molecular flexibility index (Phi) is 7.12. The van der Waals surface area contributed by atoms with Crippen molar-refractivity contribution in [1.82, 2.24) is 15.8 Å². The molecule has 0 saturated carbocycles. The molecule has 1 heterocycles. The van der Waals surface area contributed by atoms with E-state index in [1.807, 2.05) is 0 Å². The molecule has 2 aromatic rings. The molecular formula is C16H17N7O3S2. The number of rotatable bonds is 7. The van der Waals surface area contributed by atoms with Crippen LogP contribution in [0.5, 0.6) is 0 Å². The Morgan fingerprint density at radius 3 is 2.64 bits per heavy atom. The van der Waals surface area contributed by atoms with Gasteiger partial charge in [0.15, 0.2) is 5.11 Å². The molecule has 1 aromatic carbocycles. The topological polar surface area (TPSA) is 148 Å². The van der Waals surface area contributed by atoms with Crippen molar-refractivity contribution in [2.24, 2.45) is 10.8 Å². The molecule has 5 N–H and O–H groups in total. The second kappa shape index (κ2) is 9.53. The number of thiocarbonyl (C=S) groups is 1. The fourth-order valence-corrected chi connectivity index (χ4v) is 2.93. The van der Waals surface area contributed by atoms with E-state index < -0.39 is 4.92 Å². The Morgan fingerprint density at radius 2 is 2.07 bits per heavy atom. The zero-order valence-electron chi connectivity index (χ0n) is 14.9. The third kappa shape index (κ3) is 6.10. The number of carbonyl (C=O) groups is 1. The molecule has 0 unspecified atom stereocenters. The van der Waals surface area contributed by atoms with E-state index in [-0.39, 0.29) is 16.7 Å². The third-order valence-electron chi connectivity index (χ3n) is 3.20. The second-order valence-corrected chi connectivity index (χ2v) is 6.83. The number of nitrogens with zero attached hydrogens (tertiary/aromatic N) is 3. The Morgan fingerprint density at radius 1 is 1.39 bits per heavy atom. The van der Waals surface area contributed by atoms with Crippen LogP contribution in [0.2, 0.25) is 0 Å². The van der Waals surface area contributed by atoms with Crippen LogP contribution in [0.25, 0.3) is 6.08 Å². The first-order chi connectivity index (χ1) is 13.3. The van der Waals surface area contributed by atoms with Gasteiger partial charge in [-0.05, 0) is 42.9 Å². The molecule has 12 heteroatoms. The van der Waals surface area contributed by atoms with E-state index in [0.717, 1.165) is 10.4 Å². The van der Waals surface area contributed by atoms with Crippen LogP contribution in [0.3, 0.4) is 0 Å². The number of nitrogens with one attached hydrogen (secondary N) is 3. The van der Waals surface area contributed by atoms with Gasteiger partial charge in [0, 0.05) is 19.1 Å². The molecule has 0 atom stereocenters. The molecular weight excluding hydrogens is 402 g/mol. The summed E-state index contributed by atoms with van der Waals surface area (Å²) in [6.07, 6.45) is 3.44. The van der Waals surface area contributed by atoms with Gasteiger partial charge in [0.05, 0.1) is 15.5 Å². The molecule has 28 heavy (non-hydrogen) atoms. The Bertz CT molecular complexity index is 952. The van der Waals surface area contributed by atoms with Crippen LogP contribution in [0, 0.1) is 17.0 Å². The summed E-state index contributed by atoms with van der Waals surface area (Å²) in [6, 6.07) is 6.07. The Hall–Kier alpha value is -3.38. The maximum atomic E-state index is 11.0. The molecule has 0 aliphatic heterocycles. The fourth-order valence-electron chi connectivity index (χ4n) is 1.99. The summed E-state index contributed by atoms with van der Waals surface area (Å²) in [4.78, 5) is 26.4. The van der Waals surface area contributed by atoms with Gasteiger partial charge in [-0.2, -0.15) is 5.10 Å². The van der Waals surface area contributed by atoms with Gasteiger partial charge in [-0.1, -0.05) is 17.4 Å². The Balaban J connectivity index is 2.29. The van der Waals surface area contributed by atoms with Crippen LogP contribution in [-0.4, -0.2) is 26.6 Å². The number of hydrogen-bond donors (Lipinski definition) is 4. The highest BCUT2D eigenvalue weighted by Gasteiger charge is 2.13. The molecule has 1 aromatic heterocycles. The number of allylic oxidation sites excluding steroid dienone is 1. The first-order valence-electron chi connectivity index (χ1n) is 7.82. The fraction of sp³-hybridized carbons (Fsp3) is 0.125. The highest BCUT2D eigenvalue weighted by Crippen LogP contribution is 2.24. The maximum absolute atomic E-state index is 11.0. The van der Waals surface area contributed by atoms with Crippen molar-refractivity contribution in [2.75, 3.05) is 5.43 Å². The molecule has 0 saturated heterocycles. The number of amides is 1. The molecule has 10 nitrogen and oxygen atoms in total. The highest BCUT2D eigenvalue weighted by molar-refractivity contribution is 7.80. The van der Waals surface area contributed by atoms with E-state index in [4.69, 9.17) is 18.0 Å². The second-order valence-electron chi connectivity index (χ2n) is 5.39. The van der Waals surface area contributed by atoms with E-state index in [2.05, 4.69) is 26.4 Å². The summed E-state index contributed by atoms with van der Waals surface area (Å²) >= 11 is 6.06. The summed E-state index contributed by atoms with van der Waals surface area (Å²) in [5.41, 5.74) is 15.1. The number of nitro benzene ring substituents is 1. The average molecular weight is 419 g/mol. The van der Waals surface area contributed by atoms with Gasteiger partial charge in [-0.25, -0.2) is 4.98 Å². The first kappa shape index (κ1) is 20.9. The number of anilines is 1. The summed E-state index contributed by atoms with van der Waals surface area (Å²) in [6.45, 7) is 3.17. The van der Waals surface area contributed by atoms with Crippen LogP contribution >= 0.6 is 23.6 Å². The number of nitrogens with two attached hydrogens (primary N) is 1. The van der Waals surface area contributed by atoms with Crippen LogP contribution in [0.1, 0.15) is 23.1 Å². The van der Waals surface area contributed by atoms with E-state index in [0.29, 0.717) is 16.5 Å². The standard InChI is InChI=1S/C16H17N7O3S2/c1-9-14(28-16(18-9)22-19-10(2)24)13(20-21-15(17)27)8-5-11-3-6-12(7-4-11)23(25)26/h3-8H,1-2H3,(H,18,22)(H,19,24)(H3,17,21,27)/b8-5-,20-13-. The summed E-state index contributed by atoms with van der Waals surface area (Å²) in [5, 5.41) is 15.4. The third-order valence-corrected chi connectivity index (χ3v) is 4.39. The number of nitro groups is 1. The Labute approximate surface area is 169 Å². The molecule has 0 spiro atoms. The zero-order valence-corrected chi connectivity index (χ0v) is 16.6. The predicted octanol–water partition coefficient (Wildman–Crippen LogP) is 2.07. The molecule has 2 rings (SSSR count). The van der Waals surface area contributed by atoms with Crippen molar-refractivity contribution >= 4 is 57.2 Å². The van der Waals surface area contributed by atoms with Crippen molar-refractivity contribution in [3.63, 3.8) is 0 Å². The number of hydrogen-bond acceptors (Lipinski definition) is 8. The zero-order chi connectivity index (χ0) is 20.7. The van der Waals surface area contributed by atoms with Crippen molar-refractivity contribution in [3.8, 4) is 0 Å². The van der Waals surface area contributed by atoms with Gasteiger partial charge in [0.1, 0.15) is 5.71 Å². The molecule has 0 aliphatic rings. The van der Waals surface area contributed by atoms with Gasteiger partial charge >= 0.3 is 0 Å². The number of benzene rings is 1. The first-order valence-corrected chi connectivity index (χ1v) is 9.05. The lowest BCUT2D eigenvalue weighted by molar-refractivity contribution is -0.384. The molecule has 0 fully saturated rings. The minimum Gasteiger partial charge on any atom is -0.375 e. The molecule has 1 amide bonds. The SMILES string of the molecule is CC(=O)NNc1nc(C)c(C(/C=C\c2ccc([N+](=O)[O-])cc2)=N\NC(N)=S)s1. The molecule has 146 valence electrons. The molecule has 0 aliphatic carbocycles. The highest BCUT2D eigenvalue weighted by atomic mass is 32.1. The van der Waals surface area contributed by atoms with E-state index >= 15 is 0 Å². The molecule has 0 bridgehead atoms. The maximum Gasteiger partial charge on any atom is 0.269 e. The number of non-ortho nitro benzene ring substituents is 1. The minimum atomic E-state index is -0.462. The van der Waals surface area contributed by atoms with Crippen LogP contribution in [0.4, 0.5) is 10.8 Å². The quantitative estimate of drug-likeness (QED) is 0.231. The largest absolute Gasteiger partial charge is 0.375 e. The summed E-state index contributed by atoms with van der Waals surface area (Å²) in [5.74, 6) is -0.253. The number of aromatic nitrogens is 1.